The number of hydrogen-bond donors (Lipinski definition) is 0. The minimum atomic E-state index is -0.289. The lowest BCUT2D eigenvalue weighted by Crippen LogP contribution is -1.96. The molecule has 0 saturated carbocycles. The molecule has 0 atom stereocenters. The molecule has 0 aliphatic rings. The van der Waals surface area contributed by atoms with Crippen LogP contribution in [0.1, 0.15) is 11.1 Å². The summed E-state index contributed by atoms with van der Waals surface area (Å²) >= 11 is 0. The van der Waals surface area contributed by atoms with Crippen LogP contribution >= 0.6 is 0 Å². The third kappa shape index (κ3) is 1.31. The number of halogens is 1. The molecule has 0 aromatic carbocycles. The molecule has 0 aliphatic heterocycles. The number of nitrogens with zero attached hydrogens (tertiary/aromatic N) is 1. The molecular formula is C8H10FNO. The van der Waals surface area contributed by atoms with Crippen molar-refractivity contribution in [2.24, 2.45) is 0 Å². The lowest BCUT2D eigenvalue weighted by molar-refractivity contribution is 0.391. The van der Waals surface area contributed by atoms with Crippen molar-refractivity contribution < 1.29 is 9.13 Å². The molecule has 0 N–H and O–H groups in total. The van der Waals surface area contributed by atoms with E-state index in [1.165, 1.54) is 13.3 Å². The summed E-state index contributed by atoms with van der Waals surface area (Å²) in [6.07, 6.45) is 1.17. The minimum Gasteiger partial charge on any atom is -0.481 e. The van der Waals surface area contributed by atoms with E-state index in [2.05, 4.69) is 4.98 Å². The SMILES string of the molecule is COc1ncc(F)c(C)c1C. The quantitative estimate of drug-likeness (QED) is 0.617. The molecule has 1 aromatic rings. The molecule has 1 aromatic heterocycles. The maximum absolute atomic E-state index is 12.8. The van der Waals surface area contributed by atoms with Crippen LogP contribution in [-0.4, -0.2) is 12.1 Å². The smallest absolute Gasteiger partial charge is 0.216 e. The summed E-state index contributed by atoms with van der Waals surface area (Å²) < 4.78 is 17.7. The first-order valence-electron chi connectivity index (χ1n) is 3.32. The molecule has 0 saturated heterocycles. The van der Waals surface area contributed by atoms with E-state index in [0.717, 1.165) is 5.56 Å². The third-order valence-electron chi connectivity index (χ3n) is 1.73. The first kappa shape index (κ1) is 7.98. The Hall–Kier alpha value is -1.12. The second-order valence-corrected chi connectivity index (χ2v) is 2.37. The van der Waals surface area contributed by atoms with E-state index in [1.54, 1.807) is 13.8 Å². The van der Waals surface area contributed by atoms with E-state index in [4.69, 9.17) is 4.74 Å². The zero-order valence-corrected chi connectivity index (χ0v) is 6.81. The van der Waals surface area contributed by atoms with Crippen molar-refractivity contribution in [1.29, 1.82) is 0 Å². The first-order valence-corrected chi connectivity index (χ1v) is 3.32. The summed E-state index contributed by atoms with van der Waals surface area (Å²) in [5.41, 5.74) is 1.35. The van der Waals surface area contributed by atoms with Crippen LogP contribution in [0.4, 0.5) is 4.39 Å². The topological polar surface area (TPSA) is 22.1 Å². The number of methoxy groups -OCH3 is 1. The van der Waals surface area contributed by atoms with E-state index < -0.39 is 0 Å². The maximum Gasteiger partial charge on any atom is 0.216 e. The summed E-state index contributed by atoms with van der Waals surface area (Å²) in [4.78, 5) is 3.76. The number of ether oxygens (including phenoxy) is 1. The number of aromatic nitrogens is 1. The fourth-order valence-corrected chi connectivity index (χ4v) is 0.854. The van der Waals surface area contributed by atoms with Crippen molar-refractivity contribution in [3.63, 3.8) is 0 Å². The van der Waals surface area contributed by atoms with Crippen molar-refractivity contribution in [2.75, 3.05) is 7.11 Å². The van der Waals surface area contributed by atoms with Gasteiger partial charge in [-0.25, -0.2) is 9.37 Å². The van der Waals surface area contributed by atoms with Crippen molar-refractivity contribution in [2.45, 2.75) is 13.8 Å². The van der Waals surface area contributed by atoms with Crippen LogP contribution in [0.5, 0.6) is 5.88 Å². The van der Waals surface area contributed by atoms with Gasteiger partial charge in [-0.2, -0.15) is 0 Å². The standard InChI is InChI=1S/C8H10FNO/c1-5-6(2)8(11-3)10-4-7(5)9/h4H,1-3H3. The maximum atomic E-state index is 12.8. The van der Waals surface area contributed by atoms with Gasteiger partial charge in [0.05, 0.1) is 13.3 Å². The number of rotatable bonds is 1. The van der Waals surface area contributed by atoms with Crippen LogP contribution in [0, 0.1) is 19.7 Å². The van der Waals surface area contributed by atoms with Gasteiger partial charge in [0.15, 0.2) is 0 Å². The molecule has 0 aliphatic carbocycles. The Morgan fingerprint density at radius 2 is 2.00 bits per heavy atom. The summed E-state index contributed by atoms with van der Waals surface area (Å²) in [5, 5.41) is 0. The van der Waals surface area contributed by atoms with E-state index in [-0.39, 0.29) is 5.82 Å². The van der Waals surface area contributed by atoms with Gasteiger partial charge < -0.3 is 4.74 Å². The Bertz CT molecular complexity index is 273. The fraction of sp³-hybridized carbons (Fsp3) is 0.375. The number of pyridine rings is 1. The third-order valence-corrected chi connectivity index (χ3v) is 1.73. The lowest BCUT2D eigenvalue weighted by Gasteiger charge is -2.05. The Morgan fingerprint density at radius 3 is 2.55 bits per heavy atom. The van der Waals surface area contributed by atoms with Crippen LogP contribution in [0.15, 0.2) is 6.20 Å². The van der Waals surface area contributed by atoms with Crippen LogP contribution in [0.3, 0.4) is 0 Å². The normalized spacial score (nSPS) is 9.82. The average molecular weight is 155 g/mol. The molecule has 11 heavy (non-hydrogen) atoms. The molecule has 0 spiro atoms. The highest BCUT2D eigenvalue weighted by atomic mass is 19.1. The summed E-state index contributed by atoms with van der Waals surface area (Å²) in [7, 11) is 1.52. The van der Waals surface area contributed by atoms with Gasteiger partial charge in [0.1, 0.15) is 5.82 Å². The van der Waals surface area contributed by atoms with Crippen LogP contribution in [0.2, 0.25) is 0 Å². The second-order valence-electron chi connectivity index (χ2n) is 2.37. The Labute approximate surface area is 65.0 Å². The highest BCUT2D eigenvalue weighted by Gasteiger charge is 2.06. The van der Waals surface area contributed by atoms with Crippen molar-refractivity contribution in [3.05, 3.63) is 23.1 Å². The summed E-state index contributed by atoms with van der Waals surface area (Å²) in [5.74, 6) is 0.201. The Balaban J connectivity index is 3.25. The van der Waals surface area contributed by atoms with Gasteiger partial charge in [-0.1, -0.05) is 0 Å². The largest absolute Gasteiger partial charge is 0.481 e. The van der Waals surface area contributed by atoms with Gasteiger partial charge in [0, 0.05) is 5.56 Å². The highest BCUT2D eigenvalue weighted by molar-refractivity contribution is 5.32. The minimum absolute atomic E-state index is 0.289. The predicted octanol–water partition coefficient (Wildman–Crippen LogP) is 1.85. The molecule has 60 valence electrons. The van der Waals surface area contributed by atoms with Crippen LogP contribution in [-0.2, 0) is 0 Å². The summed E-state index contributed by atoms with van der Waals surface area (Å²) in [6, 6.07) is 0. The molecule has 1 heterocycles. The van der Waals surface area contributed by atoms with Gasteiger partial charge in [-0.15, -0.1) is 0 Å². The molecule has 1 rings (SSSR count). The predicted molar refractivity (Wildman–Crippen MR) is 40.2 cm³/mol. The molecule has 0 radical (unpaired) electrons. The van der Waals surface area contributed by atoms with E-state index >= 15 is 0 Å². The van der Waals surface area contributed by atoms with Crippen LogP contribution in [0.25, 0.3) is 0 Å². The zero-order valence-electron chi connectivity index (χ0n) is 6.81. The van der Waals surface area contributed by atoms with Gasteiger partial charge >= 0.3 is 0 Å². The molecule has 2 nitrogen and oxygen atoms in total. The first-order chi connectivity index (χ1) is 5.16. The zero-order chi connectivity index (χ0) is 8.43. The summed E-state index contributed by atoms with van der Waals surface area (Å²) in [6.45, 7) is 3.49. The van der Waals surface area contributed by atoms with E-state index in [1.807, 2.05) is 0 Å². The molecule has 3 heteroatoms. The highest BCUT2D eigenvalue weighted by Crippen LogP contribution is 2.19. The molecule has 0 amide bonds. The average Bonchev–Trinajstić information content (AvgIpc) is 2.01. The molecular weight excluding hydrogens is 145 g/mol. The van der Waals surface area contributed by atoms with Crippen molar-refractivity contribution in [1.82, 2.24) is 4.98 Å². The Kier molecular flexibility index (Phi) is 2.08. The van der Waals surface area contributed by atoms with Crippen molar-refractivity contribution >= 4 is 0 Å². The van der Waals surface area contributed by atoms with Gasteiger partial charge in [0.25, 0.3) is 0 Å². The lowest BCUT2D eigenvalue weighted by atomic mass is 10.2. The van der Waals surface area contributed by atoms with Gasteiger partial charge in [-0.3, -0.25) is 0 Å². The monoisotopic (exact) mass is 155 g/mol. The second kappa shape index (κ2) is 2.86. The van der Waals surface area contributed by atoms with Gasteiger partial charge in [0.2, 0.25) is 5.88 Å². The number of hydrogen-bond acceptors (Lipinski definition) is 2. The molecule has 0 unspecified atom stereocenters. The van der Waals surface area contributed by atoms with Crippen molar-refractivity contribution in [3.8, 4) is 5.88 Å². The Morgan fingerprint density at radius 1 is 1.36 bits per heavy atom. The van der Waals surface area contributed by atoms with Gasteiger partial charge in [-0.05, 0) is 19.4 Å². The van der Waals surface area contributed by atoms with E-state index in [9.17, 15) is 4.39 Å². The fourth-order valence-electron chi connectivity index (χ4n) is 0.854. The van der Waals surface area contributed by atoms with E-state index in [0.29, 0.717) is 11.4 Å². The molecule has 0 fully saturated rings. The van der Waals surface area contributed by atoms with Crippen LogP contribution < -0.4 is 4.74 Å². The molecule has 0 bridgehead atoms.